The summed E-state index contributed by atoms with van der Waals surface area (Å²) in [5.41, 5.74) is 2.07. The first-order valence-electron chi connectivity index (χ1n) is 10.1. The molecule has 0 saturated carbocycles. The summed E-state index contributed by atoms with van der Waals surface area (Å²) in [5, 5.41) is 12.3. The van der Waals surface area contributed by atoms with Gasteiger partial charge in [-0.25, -0.2) is 4.98 Å². The summed E-state index contributed by atoms with van der Waals surface area (Å²) in [7, 11) is 0. The Labute approximate surface area is 183 Å². The predicted octanol–water partition coefficient (Wildman–Crippen LogP) is 4.62. The molecule has 1 aliphatic heterocycles. The number of nitrogens with zero attached hydrogens (tertiary/aromatic N) is 3. The van der Waals surface area contributed by atoms with E-state index >= 15 is 0 Å². The summed E-state index contributed by atoms with van der Waals surface area (Å²) in [6.45, 7) is 7.91. The van der Waals surface area contributed by atoms with E-state index in [-0.39, 0.29) is 14.0 Å². The first kappa shape index (κ1) is 22.3. The van der Waals surface area contributed by atoms with Crippen LogP contribution in [0, 0.1) is 0 Å². The molecule has 1 saturated heterocycles. The average molecular weight is 426 g/mol. The minimum Gasteiger partial charge on any atom is -0.491 e. The zero-order valence-electron chi connectivity index (χ0n) is 16.8. The molecule has 2 aromatic heterocycles. The van der Waals surface area contributed by atoms with E-state index < -0.39 is 0 Å². The molecule has 1 aliphatic rings. The molecular weight excluding hydrogens is 394 g/mol. The zero-order chi connectivity index (χ0) is 20.1. The van der Waals surface area contributed by atoms with E-state index in [2.05, 4.69) is 46.4 Å². The van der Waals surface area contributed by atoms with Crippen LogP contribution in [0.5, 0.6) is 5.75 Å². The molecule has 30 heavy (non-hydrogen) atoms. The van der Waals surface area contributed by atoms with Crippen molar-refractivity contribution in [3.8, 4) is 5.75 Å². The van der Waals surface area contributed by atoms with Crippen LogP contribution in [0.2, 0.25) is 0 Å². The number of rotatable bonds is 7. The Hall–Kier alpha value is -2.41. The molecule has 3 aromatic rings. The van der Waals surface area contributed by atoms with Crippen LogP contribution in [0.4, 0.5) is 5.82 Å². The van der Waals surface area contributed by atoms with Gasteiger partial charge in [-0.3, -0.25) is 0 Å². The van der Waals surface area contributed by atoms with E-state index in [1.807, 2.05) is 24.3 Å². The molecule has 4 rings (SSSR count). The first-order chi connectivity index (χ1) is 14.3. The Morgan fingerprint density at radius 2 is 1.87 bits per heavy atom. The smallest absolute Gasteiger partial charge is 0.147 e. The van der Waals surface area contributed by atoms with Crippen LogP contribution >= 0.6 is 11.3 Å². The molecule has 5 nitrogen and oxygen atoms in total. The number of likely N-dealkylation sites (N-methyl/N-ethyl adjacent to an activating group) is 1. The van der Waals surface area contributed by atoms with E-state index in [9.17, 15) is 0 Å². The van der Waals surface area contributed by atoms with Gasteiger partial charge in [0.2, 0.25) is 0 Å². The van der Waals surface area contributed by atoms with Crippen LogP contribution in [0.25, 0.3) is 22.2 Å². The fourth-order valence-electron chi connectivity index (χ4n) is 3.58. The molecule has 6 heteroatoms. The van der Waals surface area contributed by atoms with Gasteiger partial charge in [-0.2, -0.15) is 0 Å². The quantitative estimate of drug-likeness (QED) is 0.599. The van der Waals surface area contributed by atoms with E-state index in [4.69, 9.17) is 14.8 Å². The van der Waals surface area contributed by atoms with Crippen molar-refractivity contribution in [2.75, 3.05) is 50.8 Å². The van der Waals surface area contributed by atoms with Crippen molar-refractivity contribution in [2.24, 2.45) is 0 Å². The van der Waals surface area contributed by atoms with Gasteiger partial charge in [-0.1, -0.05) is 32.6 Å². The maximum Gasteiger partial charge on any atom is 0.147 e. The van der Waals surface area contributed by atoms with Crippen LogP contribution in [-0.2, 0) is 0 Å². The van der Waals surface area contributed by atoms with Gasteiger partial charge in [0.1, 0.15) is 18.2 Å². The van der Waals surface area contributed by atoms with Crippen molar-refractivity contribution in [3.05, 3.63) is 53.0 Å². The zero-order valence-corrected chi connectivity index (χ0v) is 17.6. The molecule has 3 heterocycles. The number of aromatic nitrogens is 1. The third kappa shape index (κ3) is 5.19. The summed E-state index contributed by atoms with van der Waals surface area (Å²) >= 11 is 1.77. The van der Waals surface area contributed by atoms with Crippen molar-refractivity contribution in [1.82, 2.24) is 9.88 Å². The average Bonchev–Trinajstić information content (AvgIpc) is 3.25. The summed E-state index contributed by atoms with van der Waals surface area (Å²) < 4.78 is 6.69. The Kier molecular flexibility index (Phi) is 7.85. The predicted molar refractivity (Wildman–Crippen MR) is 129 cm³/mol. The number of fused-ring (bicyclic) bond motifs is 1. The monoisotopic (exact) mass is 425 g/mol. The number of benzene rings is 1. The number of piperazine rings is 1. The van der Waals surface area contributed by atoms with Crippen LogP contribution in [-0.4, -0.2) is 60.9 Å². The standard InChI is InChI=1S/C23H27N3O2S.CH4/c1-2-25-10-12-26(13-11-25)23-22-19(9-16-29-22)17-20(24-23)6-3-18-4-7-21(8-5-18)28-15-14-27;/h3-9,16-17,27H,2,10-15H2,1H3;1H4/b6-3+;. The van der Waals surface area contributed by atoms with Crippen molar-refractivity contribution in [3.63, 3.8) is 0 Å². The number of anilines is 1. The van der Waals surface area contributed by atoms with Gasteiger partial charge in [0.05, 0.1) is 17.0 Å². The van der Waals surface area contributed by atoms with Crippen molar-refractivity contribution in [1.29, 1.82) is 0 Å². The molecular formula is C24H31N3O2S. The molecule has 0 unspecified atom stereocenters. The van der Waals surface area contributed by atoms with Crippen LogP contribution < -0.4 is 9.64 Å². The summed E-state index contributed by atoms with van der Waals surface area (Å²) in [5.74, 6) is 1.88. The highest BCUT2D eigenvalue weighted by Gasteiger charge is 2.19. The number of thiophene rings is 1. The molecule has 0 amide bonds. The molecule has 0 bridgehead atoms. The van der Waals surface area contributed by atoms with Crippen LogP contribution in [0.1, 0.15) is 25.6 Å². The lowest BCUT2D eigenvalue weighted by Crippen LogP contribution is -2.46. The number of aliphatic hydroxyl groups excluding tert-OH is 1. The molecule has 0 radical (unpaired) electrons. The van der Waals surface area contributed by atoms with Gasteiger partial charge in [-0.15, -0.1) is 11.3 Å². The lowest BCUT2D eigenvalue weighted by Gasteiger charge is -2.35. The van der Waals surface area contributed by atoms with E-state index in [1.165, 1.54) is 10.1 Å². The highest BCUT2D eigenvalue weighted by Crippen LogP contribution is 2.31. The van der Waals surface area contributed by atoms with Gasteiger partial charge in [-0.05, 0) is 53.2 Å². The number of aliphatic hydroxyl groups is 1. The van der Waals surface area contributed by atoms with Crippen LogP contribution in [0.3, 0.4) is 0 Å². The first-order valence-corrected chi connectivity index (χ1v) is 11.0. The van der Waals surface area contributed by atoms with Crippen molar-refractivity contribution in [2.45, 2.75) is 14.4 Å². The lowest BCUT2D eigenvalue weighted by atomic mass is 10.1. The third-order valence-corrected chi connectivity index (χ3v) is 6.17. The van der Waals surface area contributed by atoms with Crippen LogP contribution in [0.15, 0.2) is 41.8 Å². The number of hydrogen-bond acceptors (Lipinski definition) is 6. The maximum absolute atomic E-state index is 8.85. The molecule has 0 aliphatic carbocycles. The Morgan fingerprint density at radius 3 is 2.57 bits per heavy atom. The van der Waals surface area contributed by atoms with Gasteiger partial charge < -0.3 is 19.6 Å². The van der Waals surface area contributed by atoms with Gasteiger partial charge >= 0.3 is 0 Å². The summed E-state index contributed by atoms with van der Waals surface area (Å²) in [4.78, 5) is 9.91. The minimum absolute atomic E-state index is 0. The number of ether oxygens (including phenoxy) is 1. The highest BCUT2D eigenvalue weighted by molar-refractivity contribution is 7.17. The fourth-order valence-corrected chi connectivity index (χ4v) is 4.47. The topological polar surface area (TPSA) is 48.8 Å². The lowest BCUT2D eigenvalue weighted by molar-refractivity contribution is 0.201. The largest absolute Gasteiger partial charge is 0.491 e. The number of hydrogen-bond donors (Lipinski definition) is 1. The number of pyridine rings is 1. The molecule has 0 atom stereocenters. The Balaban J connectivity index is 0.00000256. The van der Waals surface area contributed by atoms with E-state index in [1.54, 1.807) is 11.3 Å². The second kappa shape index (κ2) is 10.6. The normalized spacial score (nSPS) is 14.9. The minimum atomic E-state index is 0. The fraction of sp³-hybridized carbons (Fsp3) is 0.375. The second-order valence-corrected chi connectivity index (χ2v) is 8.02. The third-order valence-electron chi connectivity index (χ3n) is 5.24. The van der Waals surface area contributed by atoms with Gasteiger partial charge in [0.15, 0.2) is 0 Å². The highest BCUT2D eigenvalue weighted by atomic mass is 32.1. The van der Waals surface area contributed by atoms with Crippen molar-refractivity contribution >= 4 is 39.4 Å². The SMILES string of the molecule is C.CCN1CCN(c2nc(/C=C/c3ccc(OCCO)cc3)cc3ccsc23)CC1. The van der Waals surface area contributed by atoms with E-state index in [0.717, 1.165) is 55.5 Å². The molecule has 160 valence electrons. The summed E-state index contributed by atoms with van der Waals surface area (Å²) in [6.07, 6.45) is 4.15. The summed E-state index contributed by atoms with van der Waals surface area (Å²) in [6, 6.07) is 12.2. The maximum atomic E-state index is 8.85. The molecule has 1 fully saturated rings. The molecule has 1 aromatic carbocycles. The molecule has 0 spiro atoms. The second-order valence-electron chi connectivity index (χ2n) is 7.11. The van der Waals surface area contributed by atoms with Crippen molar-refractivity contribution < 1.29 is 9.84 Å². The van der Waals surface area contributed by atoms with E-state index in [0.29, 0.717) is 6.61 Å². The Morgan fingerprint density at radius 1 is 1.10 bits per heavy atom. The Bertz CT molecular complexity index is 960. The van der Waals surface area contributed by atoms with Gasteiger partial charge in [0, 0.05) is 26.2 Å². The van der Waals surface area contributed by atoms with Gasteiger partial charge in [0.25, 0.3) is 0 Å². The molecule has 1 N–H and O–H groups in total.